The number of anilines is 1. The van der Waals surface area contributed by atoms with Crippen molar-refractivity contribution in [3.8, 4) is 0 Å². The highest BCUT2D eigenvalue weighted by atomic mass is 35.5. The number of amides is 1. The summed E-state index contributed by atoms with van der Waals surface area (Å²) in [6.07, 6.45) is 0. The van der Waals surface area contributed by atoms with Crippen molar-refractivity contribution >= 4 is 29.3 Å². The summed E-state index contributed by atoms with van der Waals surface area (Å²) in [5, 5.41) is 11.4. The molecule has 0 fully saturated rings. The van der Waals surface area contributed by atoms with Crippen LogP contribution in [0.25, 0.3) is 0 Å². The van der Waals surface area contributed by atoms with E-state index in [1.54, 1.807) is 7.05 Å². The number of likely N-dealkylation sites (N-methyl/N-ethyl adjacent to an activating group) is 2. The Kier molecular flexibility index (Phi) is 4.28. The predicted molar refractivity (Wildman–Crippen MR) is 63.5 cm³/mol. The lowest BCUT2D eigenvalue weighted by molar-refractivity contribution is -0.119. The highest BCUT2D eigenvalue weighted by molar-refractivity contribution is 6.29. The molecule has 1 rings (SSSR count). The van der Waals surface area contributed by atoms with E-state index in [-0.39, 0.29) is 23.2 Å². The largest absolute Gasteiger partial charge is 0.478 e. The molecule has 0 saturated heterocycles. The number of carbonyl (C=O) groups excluding carboxylic acids is 1. The lowest BCUT2D eigenvalue weighted by atomic mass is 10.2. The third kappa shape index (κ3) is 3.60. The van der Waals surface area contributed by atoms with Crippen LogP contribution in [0.15, 0.2) is 12.1 Å². The van der Waals surface area contributed by atoms with E-state index in [0.29, 0.717) is 5.82 Å². The zero-order chi connectivity index (χ0) is 13.0. The van der Waals surface area contributed by atoms with E-state index >= 15 is 0 Å². The molecule has 0 aromatic carbocycles. The smallest absolute Gasteiger partial charge is 0.335 e. The van der Waals surface area contributed by atoms with Crippen molar-refractivity contribution in [1.29, 1.82) is 0 Å². The molecule has 0 atom stereocenters. The third-order valence-electron chi connectivity index (χ3n) is 2.08. The summed E-state index contributed by atoms with van der Waals surface area (Å²) in [5.41, 5.74) is 0.0313. The van der Waals surface area contributed by atoms with Crippen molar-refractivity contribution in [3.63, 3.8) is 0 Å². The maximum Gasteiger partial charge on any atom is 0.335 e. The minimum atomic E-state index is -1.09. The predicted octanol–water partition coefficient (Wildman–Crippen LogP) is 0.615. The Morgan fingerprint density at radius 3 is 2.71 bits per heavy atom. The van der Waals surface area contributed by atoms with Crippen LogP contribution < -0.4 is 10.2 Å². The molecule has 0 radical (unpaired) electrons. The molecule has 0 spiro atoms. The Hall–Kier alpha value is -1.82. The standard InChI is InChI=1S/C10H12ClN3O3/c1-12-9(15)5-14(2)8-4-6(10(16)17)3-7(11)13-8/h3-4H,5H2,1-2H3,(H,12,15)(H,16,17). The Morgan fingerprint density at radius 2 is 2.18 bits per heavy atom. The number of nitrogens with zero attached hydrogens (tertiary/aromatic N) is 2. The number of nitrogens with one attached hydrogen (secondary N) is 1. The van der Waals surface area contributed by atoms with Crippen LogP contribution in [0.2, 0.25) is 5.15 Å². The average Bonchev–Trinajstić information content (AvgIpc) is 2.27. The number of pyridine rings is 1. The van der Waals surface area contributed by atoms with Crippen molar-refractivity contribution in [2.75, 3.05) is 25.5 Å². The van der Waals surface area contributed by atoms with Crippen LogP contribution in [-0.2, 0) is 4.79 Å². The van der Waals surface area contributed by atoms with Gasteiger partial charge in [0, 0.05) is 14.1 Å². The molecule has 0 bridgehead atoms. The summed E-state index contributed by atoms with van der Waals surface area (Å²) in [5.74, 6) is -0.964. The van der Waals surface area contributed by atoms with Crippen molar-refractivity contribution < 1.29 is 14.7 Å². The summed E-state index contributed by atoms with van der Waals surface area (Å²) in [6, 6.07) is 2.61. The van der Waals surface area contributed by atoms with Crippen LogP contribution in [0.4, 0.5) is 5.82 Å². The number of hydrogen-bond acceptors (Lipinski definition) is 4. The van der Waals surface area contributed by atoms with Crippen molar-refractivity contribution in [1.82, 2.24) is 10.3 Å². The molecule has 0 aliphatic carbocycles. The van der Waals surface area contributed by atoms with E-state index < -0.39 is 5.97 Å². The highest BCUT2D eigenvalue weighted by Crippen LogP contribution is 2.17. The lowest BCUT2D eigenvalue weighted by Gasteiger charge is -2.17. The second-order valence-electron chi connectivity index (χ2n) is 3.37. The number of halogens is 1. The van der Waals surface area contributed by atoms with E-state index in [1.807, 2.05) is 0 Å². The fourth-order valence-corrected chi connectivity index (χ4v) is 1.38. The molecule has 7 heteroatoms. The van der Waals surface area contributed by atoms with Gasteiger partial charge in [-0.3, -0.25) is 4.79 Å². The first-order valence-electron chi connectivity index (χ1n) is 4.76. The molecule has 1 amide bonds. The molecule has 0 aliphatic heterocycles. The van der Waals surface area contributed by atoms with Gasteiger partial charge >= 0.3 is 5.97 Å². The van der Waals surface area contributed by atoms with Gasteiger partial charge in [0.05, 0.1) is 12.1 Å². The maximum atomic E-state index is 11.2. The molecule has 1 aromatic heterocycles. The van der Waals surface area contributed by atoms with Gasteiger partial charge in [-0.25, -0.2) is 9.78 Å². The number of hydrogen-bond donors (Lipinski definition) is 2. The first-order valence-corrected chi connectivity index (χ1v) is 5.14. The number of rotatable bonds is 4. The summed E-state index contributed by atoms with van der Waals surface area (Å²) < 4.78 is 0. The lowest BCUT2D eigenvalue weighted by Crippen LogP contribution is -2.33. The van der Waals surface area contributed by atoms with E-state index in [9.17, 15) is 9.59 Å². The SMILES string of the molecule is CNC(=O)CN(C)c1cc(C(=O)O)cc(Cl)n1. The van der Waals surface area contributed by atoms with Crippen LogP contribution in [0.1, 0.15) is 10.4 Å². The number of aromatic carboxylic acids is 1. The molecule has 0 saturated carbocycles. The maximum absolute atomic E-state index is 11.2. The monoisotopic (exact) mass is 257 g/mol. The molecule has 92 valence electrons. The topological polar surface area (TPSA) is 82.5 Å². The fourth-order valence-electron chi connectivity index (χ4n) is 1.18. The Labute approximate surface area is 103 Å². The quantitative estimate of drug-likeness (QED) is 0.773. The highest BCUT2D eigenvalue weighted by Gasteiger charge is 2.12. The normalized spacial score (nSPS) is 9.82. The zero-order valence-corrected chi connectivity index (χ0v) is 10.2. The first-order chi connectivity index (χ1) is 7.93. The van der Waals surface area contributed by atoms with Crippen LogP contribution in [-0.4, -0.2) is 42.6 Å². The van der Waals surface area contributed by atoms with Gasteiger partial charge in [-0.2, -0.15) is 0 Å². The van der Waals surface area contributed by atoms with Gasteiger partial charge in [-0.15, -0.1) is 0 Å². The van der Waals surface area contributed by atoms with Crippen LogP contribution in [0.3, 0.4) is 0 Å². The first kappa shape index (κ1) is 13.2. The molecular weight excluding hydrogens is 246 g/mol. The molecule has 17 heavy (non-hydrogen) atoms. The van der Waals surface area contributed by atoms with Crippen molar-refractivity contribution in [2.45, 2.75) is 0 Å². The van der Waals surface area contributed by atoms with Crippen molar-refractivity contribution in [3.05, 3.63) is 22.8 Å². The summed E-state index contributed by atoms with van der Waals surface area (Å²) in [4.78, 5) is 27.5. The van der Waals surface area contributed by atoms with Gasteiger partial charge in [0.15, 0.2) is 0 Å². The molecule has 0 aliphatic rings. The molecule has 0 unspecified atom stereocenters. The van der Waals surface area contributed by atoms with Gasteiger partial charge in [0.25, 0.3) is 0 Å². The number of aromatic nitrogens is 1. The molecule has 2 N–H and O–H groups in total. The molecular formula is C10H12ClN3O3. The molecule has 1 aromatic rings. The zero-order valence-electron chi connectivity index (χ0n) is 9.40. The molecule has 6 nitrogen and oxygen atoms in total. The van der Waals surface area contributed by atoms with Gasteiger partial charge in [-0.1, -0.05) is 11.6 Å². The van der Waals surface area contributed by atoms with E-state index in [1.165, 1.54) is 24.1 Å². The number of carboxylic acid groups (broad SMARTS) is 1. The average molecular weight is 258 g/mol. The second-order valence-corrected chi connectivity index (χ2v) is 3.76. The summed E-state index contributed by atoms with van der Waals surface area (Å²) in [6.45, 7) is 0.0723. The summed E-state index contributed by atoms with van der Waals surface area (Å²) >= 11 is 5.71. The summed E-state index contributed by atoms with van der Waals surface area (Å²) in [7, 11) is 3.14. The van der Waals surface area contributed by atoms with Crippen molar-refractivity contribution in [2.24, 2.45) is 0 Å². The van der Waals surface area contributed by atoms with E-state index in [2.05, 4.69) is 10.3 Å². The van der Waals surface area contributed by atoms with Gasteiger partial charge in [0.1, 0.15) is 11.0 Å². The van der Waals surface area contributed by atoms with Crippen LogP contribution in [0, 0.1) is 0 Å². The molecule has 1 heterocycles. The number of carbonyl (C=O) groups is 2. The van der Waals surface area contributed by atoms with Gasteiger partial charge in [-0.05, 0) is 12.1 Å². The second kappa shape index (κ2) is 5.49. The third-order valence-corrected chi connectivity index (χ3v) is 2.27. The van der Waals surface area contributed by atoms with Crippen LogP contribution >= 0.6 is 11.6 Å². The minimum absolute atomic E-state index is 0.0313. The van der Waals surface area contributed by atoms with E-state index in [4.69, 9.17) is 16.7 Å². The Balaban J connectivity index is 2.97. The number of carboxylic acids is 1. The van der Waals surface area contributed by atoms with Gasteiger partial charge < -0.3 is 15.3 Å². The Bertz CT molecular complexity index is 450. The fraction of sp³-hybridized carbons (Fsp3) is 0.300. The Morgan fingerprint density at radius 1 is 1.53 bits per heavy atom. The minimum Gasteiger partial charge on any atom is -0.478 e. The van der Waals surface area contributed by atoms with Gasteiger partial charge in [0.2, 0.25) is 5.91 Å². The van der Waals surface area contributed by atoms with E-state index in [0.717, 1.165) is 0 Å². The van der Waals surface area contributed by atoms with Crippen LogP contribution in [0.5, 0.6) is 0 Å².